The van der Waals surface area contributed by atoms with Gasteiger partial charge in [-0.3, -0.25) is 0 Å². The molecule has 0 heterocycles. The van der Waals surface area contributed by atoms with Crippen molar-refractivity contribution in [2.24, 2.45) is 11.3 Å². The molecule has 2 atom stereocenters. The summed E-state index contributed by atoms with van der Waals surface area (Å²) in [6.07, 6.45) is 5.75. The van der Waals surface area contributed by atoms with E-state index in [1.165, 1.54) is 19.3 Å². The van der Waals surface area contributed by atoms with Gasteiger partial charge in [0.1, 0.15) is 0 Å². The maximum atomic E-state index is 9.47. The summed E-state index contributed by atoms with van der Waals surface area (Å²) in [6.45, 7) is 6.94. The molecule has 0 aromatic heterocycles. The maximum absolute atomic E-state index is 9.47. The molecule has 0 bridgehead atoms. The van der Waals surface area contributed by atoms with E-state index in [2.05, 4.69) is 20.8 Å². The Hall–Kier alpha value is -0.0400. The molecule has 12 heavy (non-hydrogen) atoms. The average molecular weight is 170 g/mol. The van der Waals surface area contributed by atoms with Gasteiger partial charge in [-0.15, -0.1) is 0 Å². The molecule has 0 spiro atoms. The maximum Gasteiger partial charge on any atom is 0.0540 e. The van der Waals surface area contributed by atoms with E-state index in [1.807, 2.05) is 0 Å². The number of rotatable bonds is 0. The SMILES string of the molecule is CC(C)(C)C1CCCC(O)CC1. The van der Waals surface area contributed by atoms with Gasteiger partial charge in [0, 0.05) is 0 Å². The van der Waals surface area contributed by atoms with Crippen LogP contribution >= 0.6 is 0 Å². The van der Waals surface area contributed by atoms with E-state index < -0.39 is 0 Å². The standard InChI is InChI=1S/C11H22O/c1-11(2,3)9-5-4-6-10(12)8-7-9/h9-10,12H,4-8H2,1-3H3. The highest BCUT2D eigenvalue weighted by Gasteiger charge is 2.26. The van der Waals surface area contributed by atoms with E-state index in [1.54, 1.807) is 0 Å². The summed E-state index contributed by atoms with van der Waals surface area (Å²) in [4.78, 5) is 0. The summed E-state index contributed by atoms with van der Waals surface area (Å²) in [5.74, 6) is 0.814. The van der Waals surface area contributed by atoms with Crippen molar-refractivity contribution < 1.29 is 5.11 Å². The zero-order valence-corrected chi connectivity index (χ0v) is 8.64. The number of aliphatic hydroxyl groups excluding tert-OH is 1. The lowest BCUT2D eigenvalue weighted by atomic mass is 9.76. The van der Waals surface area contributed by atoms with Gasteiger partial charge in [-0.25, -0.2) is 0 Å². The van der Waals surface area contributed by atoms with Crippen LogP contribution in [0.1, 0.15) is 52.9 Å². The Balaban J connectivity index is 2.46. The van der Waals surface area contributed by atoms with Crippen molar-refractivity contribution in [3.8, 4) is 0 Å². The molecule has 0 amide bonds. The van der Waals surface area contributed by atoms with Gasteiger partial charge in [-0.05, 0) is 37.0 Å². The molecule has 1 heteroatoms. The van der Waals surface area contributed by atoms with Crippen molar-refractivity contribution in [3.05, 3.63) is 0 Å². The molecule has 1 N–H and O–H groups in total. The van der Waals surface area contributed by atoms with E-state index in [4.69, 9.17) is 0 Å². The monoisotopic (exact) mass is 170 g/mol. The Labute approximate surface area is 76.2 Å². The topological polar surface area (TPSA) is 20.2 Å². The van der Waals surface area contributed by atoms with Gasteiger partial charge in [0.05, 0.1) is 6.10 Å². The van der Waals surface area contributed by atoms with Gasteiger partial charge < -0.3 is 5.11 Å². The molecule has 1 saturated carbocycles. The van der Waals surface area contributed by atoms with Crippen LogP contribution in [0.3, 0.4) is 0 Å². The molecular formula is C11H22O. The van der Waals surface area contributed by atoms with Crippen LogP contribution in [0.5, 0.6) is 0 Å². The molecule has 0 radical (unpaired) electrons. The minimum Gasteiger partial charge on any atom is -0.393 e. The van der Waals surface area contributed by atoms with Gasteiger partial charge >= 0.3 is 0 Å². The lowest BCUT2D eigenvalue weighted by Crippen LogP contribution is -2.19. The Bertz CT molecular complexity index is 134. The van der Waals surface area contributed by atoms with Crippen LogP contribution in [-0.2, 0) is 0 Å². The summed E-state index contributed by atoms with van der Waals surface area (Å²) in [6, 6.07) is 0. The first-order valence-electron chi connectivity index (χ1n) is 5.18. The summed E-state index contributed by atoms with van der Waals surface area (Å²) >= 11 is 0. The number of aliphatic hydroxyl groups is 1. The third-order valence-corrected chi connectivity index (χ3v) is 3.16. The largest absolute Gasteiger partial charge is 0.393 e. The zero-order valence-electron chi connectivity index (χ0n) is 8.64. The van der Waals surface area contributed by atoms with Crippen LogP contribution in [0, 0.1) is 11.3 Å². The highest BCUT2D eigenvalue weighted by atomic mass is 16.3. The molecule has 0 aromatic rings. The van der Waals surface area contributed by atoms with Crippen LogP contribution in [0.25, 0.3) is 0 Å². The van der Waals surface area contributed by atoms with Crippen LogP contribution in [0.2, 0.25) is 0 Å². The number of hydrogen-bond acceptors (Lipinski definition) is 1. The van der Waals surface area contributed by atoms with Crippen molar-refractivity contribution in [1.82, 2.24) is 0 Å². The molecule has 0 aliphatic heterocycles. The van der Waals surface area contributed by atoms with Crippen molar-refractivity contribution in [2.75, 3.05) is 0 Å². The molecule has 1 nitrogen and oxygen atoms in total. The van der Waals surface area contributed by atoms with Crippen molar-refractivity contribution in [2.45, 2.75) is 59.0 Å². The third-order valence-electron chi connectivity index (χ3n) is 3.16. The molecule has 0 aromatic carbocycles. The zero-order chi connectivity index (χ0) is 9.19. The lowest BCUT2D eigenvalue weighted by molar-refractivity contribution is 0.149. The highest BCUT2D eigenvalue weighted by Crippen LogP contribution is 2.36. The van der Waals surface area contributed by atoms with Crippen LogP contribution in [0.4, 0.5) is 0 Å². The quantitative estimate of drug-likeness (QED) is 0.554. The fourth-order valence-corrected chi connectivity index (χ4v) is 2.15. The molecule has 1 fully saturated rings. The van der Waals surface area contributed by atoms with E-state index in [0.29, 0.717) is 5.41 Å². The lowest BCUT2D eigenvalue weighted by Gasteiger charge is -2.29. The summed E-state index contributed by atoms with van der Waals surface area (Å²) < 4.78 is 0. The van der Waals surface area contributed by atoms with Gasteiger partial charge in [-0.2, -0.15) is 0 Å². The van der Waals surface area contributed by atoms with Crippen molar-refractivity contribution in [3.63, 3.8) is 0 Å². The van der Waals surface area contributed by atoms with E-state index >= 15 is 0 Å². The van der Waals surface area contributed by atoms with Crippen LogP contribution in [-0.4, -0.2) is 11.2 Å². The second-order valence-corrected chi connectivity index (χ2v) is 5.23. The Morgan fingerprint density at radius 1 is 1.00 bits per heavy atom. The Morgan fingerprint density at radius 2 is 1.67 bits per heavy atom. The first kappa shape index (κ1) is 10.0. The smallest absolute Gasteiger partial charge is 0.0540 e. The van der Waals surface area contributed by atoms with E-state index in [-0.39, 0.29) is 6.10 Å². The fraction of sp³-hybridized carbons (Fsp3) is 1.00. The first-order valence-corrected chi connectivity index (χ1v) is 5.18. The van der Waals surface area contributed by atoms with Crippen molar-refractivity contribution >= 4 is 0 Å². The molecule has 1 aliphatic rings. The second kappa shape index (κ2) is 3.78. The molecular weight excluding hydrogens is 148 g/mol. The van der Waals surface area contributed by atoms with Gasteiger partial charge in [0.15, 0.2) is 0 Å². The van der Waals surface area contributed by atoms with E-state index in [0.717, 1.165) is 18.8 Å². The molecule has 1 aliphatic carbocycles. The van der Waals surface area contributed by atoms with Gasteiger partial charge in [0.25, 0.3) is 0 Å². The molecule has 2 unspecified atom stereocenters. The highest BCUT2D eigenvalue weighted by molar-refractivity contribution is 4.78. The van der Waals surface area contributed by atoms with Gasteiger partial charge in [0.2, 0.25) is 0 Å². The summed E-state index contributed by atoms with van der Waals surface area (Å²) in [7, 11) is 0. The number of hydrogen-bond donors (Lipinski definition) is 1. The third kappa shape index (κ3) is 2.78. The molecule has 1 rings (SSSR count). The van der Waals surface area contributed by atoms with Crippen LogP contribution < -0.4 is 0 Å². The average Bonchev–Trinajstić information content (AvgIpc) is 2.11. The van der Waals surface area contributed by atoms with Crippen molar-refractivity contribution in [1.29, 1.82) is 0 Å². The van der Waals surface area contributed by atoms with Gasteiger partial charge in [-0.1, -0.05) is 27.2 Å². The predicted molar refractivity (Wildman–Crippen MR) is 52.0 cm³/mol. The summed E-state index contributed by atoms with van der Waals surface area (Å²) in [5, 5.41) is 9.47. The minimum absolute atomic E-state index is 0.0163. The minimum atomic E-state index is -0.0163. The predicted octanol–water partition coefficient (Wildman–Crippen LogP) is 2.97. The second-order valence-electron chi connectivity index (χ2n) is 5.23. The Morgan fingerprint density at radius 3 is 2.25 bits per heavy atom. The molecule has 0 saturated heterocycles. The Kier molecular flexibility index (Phi) is 3.16. The summed E-state index contributed by atoms with van der Waals surface area (Å²) in [5.41, 5.74) is 0.435. The van der Waals surface area contributed by atoms with Crippen LogP contribution in [0.15, 0.2) is 0 Å². The normalized spacial score (nSPS) is 33.0. The first-order chi connectivity index (χ1) is 5.50. The van der Waals surface area contributed by atoms with E-state index in [9.17, 15) is 5.11 Å². The molecule has 72 valence electrons. The fourth-order valence-electron chi connectivity index (χ4n) is 2.15.